The standard InChI is InChI=1S/C24H33N7O7/c1-30-17(9-5-11-27-24(25)26)23(38)31(12-6-10-19(30)33)14-18(32)28-16(13-20(34)35)22(37)29-21(36)15-7-3-2-4-8-15/h2-4,7-8,16-17H,5-6,9-14H2,1H3,(H,28,32)(H,34,35)(H4,25,26,27)(H,29,36,37)/t16-,17-/m0/s1. The summed E-state index contributed by atoms with van der Waals surface area (Å²) in [5.74, 6) is -4.70. The molecule has 2 rings (SSSR count). The van der Waals surface area contributed by atoms with E-state index < -0.39 is 54.6 Å². The largest absolute Gasteiger partial charge is 0.481 e. The molecule has 1 aromatic rings. The van der Waals surface area contributed by atoms with Crippen LogP contribution in [0.15, 0.2) is 35.3 Å². The molecule has 0 spiro atoms. The maximum Gasteiger partial charge on any atom is 0.305 e. The number of carboxylic acid groups (broad SMARTS) is 1. The molecule has 5 amide bonds. The second kappa shape index (κ2) is 14.3. The minimum atomic E-state index is -1.56. The number of nitrogens with two attached hydrogens (primary N) is 2. The molecule has 1 aromatic carbocycles. The van der Waals surface area contributed by atoms with Crippen molar-refractivity contribution in [2.75, 3.05) is 26.7 Å². The number of amides is 5. The lowest BCUT2D eigenvalue weighted by molar-refractivity contribution is -0.148. The number of nitrogens with one attached hydrogen (secondary N) is 2. The second-order valence-electron chi connectivity index (χ2n) is 8.73. The Morgan fingerprint density at radius 1 is 1.16 bits per heavy atom. The first kappa shape index (κ1) is 29.7. The number of likely N-dealkylation sites (N-methyl/N-ethyl adjacent to an activating group) is 1. The predicted molar refractivity (Wildman–Crippen MR) is 135 cm³/mol. The monoisotopic (exact) mass is 531 g/mol. The molecule has 0 radical (unpaired) electrons. The van der Waals surface area contributed by atoms with Crippen LogP contribution < -0.4 is 22.1 Å². The molecule has 0 aromatic heterocycles. The van der Waals surface area contributed by atoms with Gasteiger partial charge in [-0.25, -0.2) is 0 Å². The second-order valence-corrected chi connectivity index (χ2v) is 8.73. The smallest absolute Gasteiger partial charge is 0.305 e. The fourth-order valence-electron chi connectivity index (χ4n) is 3.88. The van der Waals surface area contributed by atoms with Crippen LogP contribution in [0.5, 0.6) is 0 Å². The highest BCUT2D eigenvalue weighted by atomic mass is 16.4. The molecule has 38 heavy (non-hydrogen) atoms. The highest BCUT2D eigenvalue weighted by Crippen LogP contribution is 2.16. The number of benzene rings is 1. The van der Waals surface area contributed by atoms with Gasteiger partial charge < -0.3 is 31.7 Å². The zero-order valence-corrected chi connectivity index (χ0v) is 21.1. The molecule has 1 heterocycles. The fourth-order valence-corrected chi connectivity index (χ4v) is 3.88. The Kier molecular flexibility index (Phi) is 11.2. The van der Waals surface area contributed by atoms with Gasteiger partial charge in [0.15, 0.2) is 5.96 Å². The molecule has 206 valence electrons. The van der Waals surface area contributed by atoms with Crippen LogP contribution in [0.2, 0.25) is 0 Å². The molecule has 1 aliphatic rings. The number of hydrogen-bond acceptors (Lipinski definition) is 7. The summed E-state index contributed by atoms with van der Waals surface area (Å²) >= 11 is 0. The molecule has 14 heteroatoms. The summed E-state index contributed by atoms with van der Waals surface area (Å²) in [7, 11) is 1.51. The van der Waals surface area contributed by atoms with Crippen LogP contribution in [0.3, 0.4) is 0 Å². The summed E-state index contributed by atoms with van der Waals surface area (Å²) in [5.41, 5.74) is 10.8. The number of aliphatic imine (C=N–C) groups is 1. The van der Waals surface area contributed by atoms with Gasteiger partial charge in [-0.3, -0.25) is 39.1 Å². The molecule has 0 aliphatic carbocycles. The van der Waals surface area contributed by atoms with E-state index in [1.165, 1.54) is 29.0 Å². The van der Waals surface area contributed by atoms with Gasteiger partial charge in [-0.05, 0) is 31.4 Å². The number of guanidine groups is 1. The molecule has 1 saturated heterocycles. The van der Waals surface area contributed by atoms with E-state index in [4.69, 9.17) is 11.5 Å². The van der Waals surface area contributed by atoms with Crippen molar-refractivity contribution in [2.24, 2.45) is 16.5 Å². The molecule has 0 unspecified atom stereocenters. The van der Waals surface area contributed by atoms with Crippen LogP contribution >= 0.6 is 0 Å². The number of rotatable bonds is 11. The summed E-state index contributed by atoms with van der Waals surface area (Å²) in [4.78, 5) is 81.1. The number of hydrogen-bond donors (Lipinski definition) is 5. The van der Waals surface area contributed by atoms with E-state index in [0.29, 0.717) is 12.8 Å². The quantitative estimate of drug-likeness (QED) is 0.126. The van der Waals surface area contributed by atoms with Crippen molar-refractivity contribution in [1.29, 1.82) is 0 Å². The first-order chi connectivity index (χ1) is 18.0. The van der Waals surface area contributed by atoms with Crippen LogP contribution in [-0.4, -0.2) is 95.1 Å². The Morgan fingerprint density at radius 2 is 1.84 bits per heavy atom. The molecule has 0 saturated carbocycles. The van der Waals surface area contributed by atoms with E-state index in [1.54, 1.807) is 18.2 Å². The molecule has 7 N–H and O–H groups in total. The third-order valence-corrected chi connectivity index (χ3v) is 5.84. The van der Waals surface area contributed by atoms with Crippen molar-refractivity contribution < 1.29 is 33.9 Å². The third-order valence-electron chi connectivity index (χ3n) is 5.84. The van der Waals surface area contributed by atoms with E-state index in [-0.39, 0.29) is 43.4 Å². The minimum absolute atomic E-state index is 0.0952. The van der Waals surface area contributed by atoms with E-state index in [9.17, 15) is 33.9 Å². The first-order valence-corrected chi connectivity index (χ1v) is 12.0. The Morgan fingerprint density at radius 3 is 2.47 bits per heavy atom. The normalized spacial score (nSPS) is 16.6. The van der Waals surface area contributed by atoms with Crippen molar-refractivity contribution in [3.63, 3.8) is 0 Å². The lowest BCUT2D eigenvalue weighted by atomic mass is 10.0. The molecule has 1 aliphatic heterocycles. The molecular weight excluding hydrogens is 498 g/mol. The van der Waals surface area contributed by atoms with Crippen LogP contribution in [0, 0.1) is 0 Å². The minimum Gasteiger partial charge on any atom is -0.481 e. The van der Waals surface area contributed by atoms with Crippen LogP contribution in [0.4, 0.5) is 0 Å². The highest BCUT2D eigenvalue weighted by molar-refractivity contribution is 6.07. The number of carboxylic acids is 1. The number of nitrogens with zero attached hydrogens (tertiary/aromatic N) is 3. The number of carbonyl (C=O) groups excluding carboxylic acids is 5. The molecule has 1 fully saturated rings. The molecule has 0 bridgehead atoms. The third kappa shape index (κ3) is 9.19. The molecular formula is C24H33N7O7. The van der Waals surface area contributed by atoms with Crippen LogP contribution in [0.1, 0.15) is 42.5 Å². The van der Waals surface area contributed by atoms with Gasteiger partial charge in [0.05, 0.1) is 13.0 Å². The summed E-state index contributed by atoms with van der Waals surface area (Å²) in [6.07, 6.45) is 0.355. The van der Waals surface area contributed by atoms with Gasteiger partial charge in [0.25, 0.3) is 5.91 Å². The lowest BCUT2D eigenvalue weighted by Gasteiger charge is -2.35. The SMILES string of the molecule is CN1C(=O)CCCN(CC(=O)N[C@@H](CC(=O)O)C(=O)NC(=O)c2ccccc2)C(=O)[C@@H]1CCCN=C(N)N. The Hall–Kier alpha value is -4.49. The lowest BCUT2D eigenvalue weighted by Crippen LogP contribution is -2.55. The Balaban J connectivity index is 2.09. The van der Waals surface area contributed by atoms with Crippen molar-refractivity contribution in [2.45, 2.75) is 44.2 Å². The van der Waals surface area contributed by atoms with Gasteiger partial charge in [0, 0.05) is 32.1 Å². The van der Waals surface area contributed by atoms with Crippen LogP contribution in [-0.2, 0) is 24.0 Å². The van der Waals surface area contributed by atoms with Crippen molar-refractivity contribution in [3.8, 4) is 0 Å². The topological polar surface area (TPSA) is 218 Å². The maximum atomic E-state index is 13.3. The number of aliphatic carboxylic acids is 1. The Bertz CT molecular complexity index is 1070. The van der Waals surface area contributed by atoms with Gasteiger partial charge in [-0.2, -0.15) is 0 Å². The van der Waals surface area contributed by atoms with Crippen molar-refractivity contribution in [3.05, 3.63) is 35.9 Å². The maximum absolute atomic E-state index is 13.3. The van der Waals surface area contributed by atoms with E-state index in [1.807, 2.05) is 0 Å². The Labute approximate surface area is 219 Å². The van der Waals surface area contributed by atoms with Crippen LogP contribution in [0.25, 0.3) is 0 Å². The first-order valence-electron chi connectivity index (χ1n) is 12.0. The average molecular weight is 532 g/mol. The number of imide groups is 1. The van der Waals surface area contributed by atoms with Gasteiger partial charge in [-0.1, -0.05) is 18.2 Å². The zero-order chi connectivity index (χ0) is 28.2. The van der Waals surface area contributed by atoms with E-state index in [2.05, 4.69) is 15.6 Å². The summed E-state index contributed by atoms with van der Waals surface area (Å²) in [5, 5.41) is 13.6. The van der Waals surface area contributed by atoms with Gasteiger partial charge >= 0.3 is 5.97 Å². The number of carbonyl (C=O) groups is 6. The van der Waals surface area contributed by atoms with E-state index >= 15 is 0 Å². The summed E-state index contributed by atoms with van der Waals surface area (Å²) < 4.78 is 0. The van der Waals surface area contributed by atoms with Gasteiger partial charge in [0.1, 0.15) is 12.1 Å². The summed E-state index contributed by atoms with van der Waals surface area (Å²) in [6, 6.07) is 5.39. The van der Waals surface area contributed by atoms with E-state index in [0.717, 1.165) is 0 Å². The summed E-state index contributed by atoms with van der Waals surface area (Å²) in [6.45, 7) is -0.109. The fraction of sp³-hybridized carbons (Fsp3) is 0.458. The van der Waals surface area contributed by atoms with Gasteiger partial charge in [0.2, 0.25) is 23.6 Å². The molecule has 2 atom stereocenters. The van der Waals surface area contributed by atoms with Gasteiger partial charge in [-0.15, -0.1) is 0 Å². The van der Waals surface area contributed by atoms with Crippen molar-refractivity contribution in [1.82, 2.24) is 20.4 Å². The predicted octanol–water partition coefficient (Wildman–Crippen LogP) is -1.59. The highest BCUT2D eigenvalue weighted by Gasteiger charge is 2.34. The zero-order valence-electron chi connectivity index (χ0n) is 21.1. The van der Waals surface area contributed by atoms with Crippen molar-refractivity contribution >= 4 is 41.5 Å². The molecule has 14 nitrogen and oxygen atoms in total. The average Bonchev–Trinajstić information content (AvgIpc) is 2.86.